The standard InChI is InChI=1S/C22H23ClN10O/c1-22(19(34)28-20-24-11-14(23)12-25-20)7-3-8-32(22)21-27-18(16-4-2-9-33(16)31-21)26-17-10-15(29-30-17)13-5-6-13/h2,4,9-13H,3,5-8H2,1H3,(H,24,25,28,34)(H2,26,27,29,30,31)/t22-/m0/s1. The molecule has 4 aromatic heterocycles. The van der Waals surface area contributed by atoms with Crippen molar-refractivity contribution < 1.29 is 4.79 Å². The third-order valence-corrected chi connectivity index (χ3v) is 6.65. The van der Waals surface area contributed by atoms with Crippen molar-refractivity contribution in [1.29, 1.82) is 0 Å². The van der Waals surface area contributed by atoms with Crippen LogP contribution >= 0.6 is 11.6 Å². The summed E-state index contributed by atoms with van der Waals surface area (Å²) < 4.78 is 1.76. The van der Waals surface area contributed by atoms with Crippen molar-refractivity contribution in [3.05, 3.63) is 47.5 Å². The van der Waals surface area contributed by atoms with E-state index in [1.807, 2.05) is 36.2 Å². The summed E-state index contributed by atoms with van der Waals surface area (Å²) in [5.41, 5.74) is 1.09. The molecule has 1 saturated heterocycles. The summed E-state index contributed by atoms with van der Waals surface area (Å²) in [4.78, 5) is 28.2. The van der Waals surface area contributed by atoms with Crippen molar-refractivity contribution >= 4 is 46.6 Å². The second-order valence-electron chi connectivity index (χ2n) is 8.91. The fourth-order valence-corrected chi connectivity index (χ4v) is 4.49. The van der Waals surface area contributed by atoms with Gasteiger partial charge < -0.3 is 10.2 Å². The summed E-state index contributed by atoms with van der Waals surface area (Å²) in [6.45, 7) is 2.53. The number of amides is 1. The lowest BCUT2D eigenvalue weighted by molar-refractivity contribution is -0.120. The number of hydrogen-bond donors (Lipinski definition) is 3. The van der Waals surface area contributed by atoms with Crippen LogP contribution < -0.4 is 15.5 Å². The zero-order chi connectivity index (χ0) is 23.3. The number of anilines is 4. The van der Waals surface area contributed by atoms with Gasteiger partial charge in [0.25, 0.3) is 5.91 Å². The van der Waals surface area contributed by atoms with Crippen LogP contribution in [0.15, 0.2) is 36.8 Å². The summed E-state index contributed by atoms with van der Waals surface area (Å²) in [5, 5.41) is 18.7. The highest BCUT2D eigenvalue weighted by Crippen LogP contribution is 2.40. The molecule has 0 radical (unpaired) electrons. The molecule has 12 heteroatoms. The topological polar surface area (TPSA) is 129 Å². The molecule has 1 aliphatic carbocycles. The summed E-state index contributed by atoms with van der Waals surface area (Å²) in [6, 6.07) is 5.87. The number of fused-ring (bicyclic) bond motifs is 1. The normalized spacial score (nSPS) is 20.1. The van der Waals surface area contributed by atoms with Crippen molar-refractivity contribution in [2.24, 2.45) is 0 Å². The molecule has 1 saturated carbocycles. The van der Waals surface area contributed by atoms with Gasteiger partial charge in [-0.15, -0.1) is 5.10 Å². The van der Waals surface area contributed by atoms with E-state index in [4.69, 9.17) is 21.7 Å². The van der Waals surface area contributed by atoms with E-state index < -0.39 is 5.54 Å². The molecular formula is C22H23ClN10O. The van der Waals surface area contributed by atoms with Crippen LogP contribution in [0.5, 0.6) is 0 Å². The van der Waals surface area contributed by atoms with Crippen molar-refractivity contribution in [1.82, 2.24) is 34.8 Å². The molecule has 6 rings (SSSR count). The van der Waals surface area contributed by atoms with Gasteiger partial charge in [0.15, 0.2) is 11.6 Å². The molecule has 5 heterocycles. The monoisotopic (exact) mass is 478 g/mol. The molecule has 0 spiro atoms. The van der Waals surface area contributed by atoms with Crippen LogP contribution in [0.3, 0.4) is 0 Å². The van der Waals surface area contributed by atoms with Crippen LogP contribution in [0.2, 0.25) is 5.02 Å². The zero-order valence-corrected chi connectivity index (χ0v) is 19.2. The summed E-state index contributed by atoms with van der Waals surface area (Å²) in [6.07, 6.45) is 8.61. The molecule has 0 bridgehead atoms. The van der Waals surface area contributed by atoms with Crippen molar-refractivity contribution in [2.45, 2.75) is 44.1 Å². The molecule has 11 nitrogen and oxygen atoms in total. The Bertz CT molecular complexity index is 1360. The Kier molecular flexibility index (Phi) is 4.87. The Morgan fingerprint density at radius 1 is 1.29 bits per heavy atom. The number of nitrogens with one attached hydrogen (secondary N) is 3. The number of halogens is 1. The first kappa shape index (κ1) is 20.8. The Balaban J connectivity index is 1.31. The van der Waals surface area contributed by atoms with Crippen LogP contribution in [0.4, 0.5) is 23.5 Å². The molecule has 0 unspecified atom stereocenters. The molecule has 3 N–H and O–H groups in total. The molecule has 1 aliphatic heterocycles. The minimum Gasteiger partial charge on any atom is -0.325 e. The van der Waals surface area contributed by atoms with Crippen molar-refractivity contribution in [3.63, 3.8) is 0 Å². The van der Waals surface area contributed by atoms with Crippen LogP contribution in [0, 0.1) is 0 Å². The van der Waals surface area contributed by atoms with Gasteiger partial charge in [0.05, 0.1) is 17.4 Å². The van der Waals surface area contributed by atoms with Gasteiger partial charge in [-0.2, -0.15) is 10.1 Å². The van der Waals surface area contributed by atoms with Gasteiger partial charge >= 0.3 is 0 Å². The van der Waals surface area contributed by atoms with E-state index in [0.717, 1.165) is 17.6 Å². The lowest BCUT2D eigenvalue weighted by atomic mass is 9.98. The van der Waals surface area contributed by atoms with Gasteiger partial charge in [-0.05, 0) is 44.7 Å². The third kappa shape index (κ3) is 3.71. The van der Waals surface area contributed by atoms with Gasteiger partial charge in [0.2, 0.25) is 11.9 Å². The highest BCUT2D eigenvalue weighted by molar-refractivity contribution is 6.30. The smallest absolute Gasteiger partial charge is 0.252 e. The largest absolute Gasteiger partial charge is 0.325 e. The molecule has 2 fully saturated rings. The molecule has 1 atom stereocenters. The van der Waals surface area contributed by atoms with Crippen LogP contribution in [0.25, 0.3) is 5.52 Å². The maximum atomic E-state index is 13.3. The molecule has 0 aromatic carbocycles. The van der Waals surface area contributed by atoms with Gasteiger partial charge in [-0.3, -0.25) is 15.2 Å². The van der Waals surface area contributed by atoms with Crippen LogP contribution in [0.1, 0.15) is 44.2 Å². The first-order valence-corrected chi connectivity index (χ1v) is 11.6. The van der Waals surface area contributed by atoms with Crippen molar-refractivity contribution in [2.75, 3.05) is 22.1 Å². The van der Waals surface area contributed by atoms with Crippen molar-refractivity contribution in [3.8, 4) is 0 Å². The van der Waals surface area contributed by atoms with Crippen LogP contribution in [-0.2, 0) is 4.79 Å². The highest BCUT2D eigenvalue weighted by atomic mass is 35.5. The molecule has 2 aliphatic rings. The molecule has 34 heavy (non-hydrogen) atoms. The number of carbonyl (C=O) groups is 1. The number of aromatic amines is 1. The Hall–Kier alpha value is -3.73. The Morgan fingerprint density at radius 2 is 2.12 bits per heavy atom. The maximum absolute atomic E-state index is 13.3. The van der Waals surface area contributed by atoms with E-state index in [1.54, 1.807) is 4.52 Å². The van der Waals surface area contributed by atoms with Crippen LogP contribution in [-0.4, -0.2) is 52.8 Å². The van der Waals surface area contributed by atoms with E-state index in [0.29, 0.717) is 41.5 Å². The van der Waals surface area contributed by atoms with E-state index in [9.17, 15) is 4.79 Å². The number of rotatable bonds is 6. The maximum Gasteiger partial charge on any atom is 0.252 e. The SMILES string of the molecule is C[C@@]1(C(=O)Nc2ncc(Cl)cn2)CCCN1c1nc(Nc2cc(C3CC3)[nH]n2)c2cccn2n1. The zero-order valence-electron chi connectivity index (χ0n) is 18.5. The number of hydrogen-bond acceptors (Lipinski definition) is 8. The van der Waals surface area contributed by atoms with Gasteiger partial charge in [-0.25, -0.2) is 14.5 Å². The van der Waals surface area contributed by atoms with E-state index in [2.05, 4.69) is 30.8 Å². The summed E-state index contributed by atoms with van der Waals surface area (Å²) in [5.74, 6) is 2.34. The molecule has 1 amide bonds. The Morgan fingerprint density at radius 3 is 2.91 bits per heavy atom. The molecular weight excluding hydrogens is 456 g/mol. The Labute approximate surface area is 200 Å². The second kappa shape index (κ2) is 7.94. The lowest BCUT2D eigenvalue weighted by Gasteiger charge is -2.33. The lowest BCUT2D eigenvalue weighted by Crippen LogP contribution is -2.52. The number of aromatic nitrogens is 7. The molecule has 4 aromatic rings. The predicted octanol–water partition coefficient (Wildman–Crippen LogP) is 3.51. The van der Waals surface area contributed by atoms with E-state index >= 15 is 0 Å². The fraction of sp³-hybridized carbons (Fsp3) is 0.364. The number of nitrogens with zero attached hydrogens (tertiary/aromatic N) is 7. The average Bonchev–Trinajstić information content (AvgIpc) is 3.20. The van der Waals surface area contributed by atoms with E-state index in [1.165, 1.54) is 25.2 Å². The minimum atomic E-state index is -0.868. The van der Waals surface area contributed by atoms with Gasteiger partial charge in [0, 0.05) is 30.4 Å². The third-order valence-electron chi connectivity index (χ3n) is 6.46. The van der Waals surface area contributed by atoms with Gasteiger partial charge in [-0.1, -0.05) is 11.6 Å². The van der Waals surface area contributed by atoms with E-state index in [-0.39, 0.29) is 11.9 Å². The molecule has 174 valence electrons. The first-order valence-electron chi connectivity index (χ1n) is 11.2. The first-order chi connectivity index (χ1) is 16.5. The fourth-order valence-electron chi connectivity index (χ4n) is 4.39. The quantitative estimate of drug-likeness (QED) is 0.384. The highest BCUT2D eigenvalue weighted by Gasteiger charge is 2.45. The van der Waals surface area contributed by atoms with Gasteiger partial charge in [0.1, 0.15) is 11.1 Å². The minimum absolute atomic E-state index is 0.205. The number of carbonyl (C=O) groups excluding carboxylic acids is 1. The summed E-state index contributed by atoms with van der Waals surface area (Å²) in [7, 11) is 0. The summed E-state index contributed by atoms with van der Waals surface area (Å²) >= 11 is 5.86. The average molecular weight is 479 g/mol. The second-order valence-corrected chi connectivity index (χ2v) is 9.35. The predicted molar refractivity (Wildman–Crippen MR) is 127 cm³/mol. The number of H-pyrrole nitrogens is 1.